The van der Waals surface area contributed by atoms with Crippen LogP contribution in [0, 0.1) is 0 Å². The first-order chi connectivity index (χ1) is 14.8. The molecule has 0 spiro atoms. The Morgan fingerprint density at radius 2 is 1.53 bits per heavy atom. The van der Waals surface area contributed by atoms with Crippen molar-refractivity contribution in [3.05, 3.63) is 59.2 Å². The van der Waals surface area contributed by atoms with Crippen LogP contribution < -0.4 is 16.0 Å². The molecule has 32 heavy (non-hydrogen) atoms. The van der Waals surface area contributed by atoms with Crippen LogP contribution in [-0.4, -0.2) is 24.3 Å². The Morgan fingerprint density at radius 1 is 0.906 bits per heavy atom. The molecule has 2 aromatic rings. The first-order valence-electron chi connectivity index (χ1n) is 9.95. The summed E-state index contributed by atoms with van der Waals surface area (Å²) < 4.78 is 40.0. The van der Waals surface area contributed by atoms with E-state index in [4.69, 9.17) is 0 Å². The summed E-state index contributed by atoms with van der Waals surface area (Å²) in [5.74, 6) is -1.58. The number of amides is 3. The average molecular weight is 449 g/mol. The Bertz CT molecular complexity index is 994. The maximum atomic E-state index is 13.3. The fourth-order valence-corrected chi connectivity index (χ4v) is 2.89. The van der Waals surface area contributed by atoms with Crippen LogP contribution >= 0.6 is 0 Å². The summed E-state index contributed by atoms with van der Waals surface area (Å²) in [7, 11) is 0. The van der Waals surface area contributed by atoms with Crippen molar-refractivity contribution < 1.29 is 27.6 Å². The van der Waals surface area contributed by atoms with E-state index < -0.39 is 29.2 Å². The Morgan fingerprint density at radius 3 is 2.06 bits per heavy atom. The standard InChI is InChI=1S/C23H26F3N3O3/c1-14(30)28-17-9-10-19(18(13-17)23(24,25)26)29-20(31)11-12-27-21(32)15-5-7-16(8-6-15)22(2,3)4/h5-10,13H,11-12H2,1-4H3,(H,27,32)(H,28,30)(H,29,31). The zero-order chi connectivity index (χ0) is 24.1. The van der Waals surface area contributed by atoms with Gasteiger partial charge in [0.2, 0.25) is 11.8 Å². The van der Waals surface area contributed by atoms with Gasteiger partial charge in [0.15, 0.2) is 0 Å². The van der Waals surface area contributed by atoms with Crippen LogP contribution in [-0.2, 0) is 21.2 Å². The first-order valence-corrected chi connectivity index (χ1v) is 9.95. The number of carbonyl (C=O) groups excluding carboxylic acids is 3. The summed E-state index contributed by atoms with van der Waals surface area (Å²) in [4.78, 5) is 35.4. The lowest BCUT2D eigenvalue weighted by Gasteiger charge is -2.19. The highest BCUT2D eigenvalue weighted by Crippen LogP contribution is 2.36. The quantitative estimate of drug-likeness (QED) is 0.596. The van der Waals surface area contributed by atoms with Crippen molar-refractivity contribution in [3.63, 3.8) is 0 Å². The van der Waals surface area contributed by atoms with Gasteiger partial charge in [-0.25, -0.2) is 0 Å². The predicted octanol–water partition coefficient (Wildman–Crippen LogP) is 4.72. The first kappa shape index (κ1) is 24.9. The van der Waals surface area contributed by atoms with E-state index in [9.17, 15) is 27.6 Å². The smallest absolute Gasteiger partial charge is 0.352 e. The second kappa shape index (κ2) is 9.84. The highest BCUT2D eigenvalue weighted by atomic mass is 19.4. The number of alkyl halides is 3. The summed E-state index contributed by atoms with van der Waals surface area (Å²) in [5, 5.41) is 7.06. The van der Waals surface area contributed by atoms with Crippen LogP contribution in [0.2, 0.25) is 0 Å². The van der Waals surface area contributed by atoms with Gasteiger partial charge < -0.3 is 16.0 Å². The minimum absolute atomic E-state index is 0.0347. The molecule has 2 rings (SSSR count). The summed E-state index contributed by atoms with van der Waals surface area (Å²) >= 11 is 0. The molecule has 0 atom stereocenters. The average Bonchev–Trinajstić information content (AvgIpc) is 2.67. The molecule has 9 heteroatoms. The molecule has 0 saturated carbocycles. The lowest BCUT2D eigenvalue weighted by atomic mass is 9.87. The number of hydrogen-bond acceptors (Lipinski definition) is 3. The molecular weight excluding hydrogens is 423 g/mol. The van der Waals surface area contributed by atoms with E-state index in [0.29, 0.717) is 5.56 Å². The number of hydrogen-bond donors (Lipinski definition) is 3. The minimum atomic E-state index is -4.73. The number of benzene rings is 2. The van der Waals surface area contributed by atoms with Crippen molar-refractivity contribution in [1.82, 2.24) is 5.32 Å². The van der Waals surface area contributed by atoms with Crippen molar-refractivity contribution in [2.75, 3.05) is 17.2 Å². The van der Waals surface area contributed by atoms with Crippen molar-refractivity contribution >= 4 is 29.1 Å². The molecule has 2 aromatic carbocycles. The van der Waals surface area contributed by atoms with Gasteiger partial charge in [0.1, 0.15) is 0 Å². The van der Waals surface area contributed by atoms with E-state index in [1.807, 2.05) is 12.1 Å². The van der Waals surface area contributed by atoms with E-state index in [1.165, 1.54) is 13.0 Å². The maximum absolute atomic E-state index is 13.3. The molecule has 0 saturated heterocycles. The lowest BCUT2D eigenvalue weighted by Crippen LogP contribution is -2.28. The summed E-state index contributed by atoms with van der Waals surface area (Å²) in [6.45, 7) is 7.29. The molecular formula is C23H26F3N3O3. The highest BCUT2D eigenvalue weighted by Gasteiger charge is 2.34. The van der Waals surface area contributed by atoms with Gasteiger partial charge in [-0.3, -0.25) is 14.4 Å². The zero-order valence-corrected chi connectivity index (χ0v) is 18.3. The third-order valence-corrected chi connectivity index (χ3v) is 4.57. The van der Waals surface area contributed by atoms with Gasteiger partial charge in [-0.1, -0.05) is 32.9 Å². The molecule has 0 aliphatic heterocycles. The number of halogens is 3. The van der Waals surface area contributed by atoms with Crippen molar-refractivity contribution in [2.45, 2.75) is 45.7 Å². The van der Waals surface area contributed by atoms with E-state index in [1.54, 1.807) is 12.1 Å². The molecule has 0 heterocycles. The molecule has 172 valence electrons. The summed E-state index contributed by atoms with van der Waals surface area (Å²) in [5.41, 5.74) is -0.110. The van der Waals surface area contributed by atoms with Gasteiger partial charge in [0, 0.05) is 31.1 Å². The van der Waals surface area contributed by atoms with Gasteiger partial charge in [-0.05, 0) is 41.3 Å². The number of rotatable bonds is 6. The number of nitrogens with one attached hydrogen (secondary N) is 3. The highest BCUT2D eigenvalue weighted by molar-refractivity contribution is 5.96. The molecule has 3 N–H and O–H groups in total. The molecule has 0 aromatic heterocycles. The van der Waals surface area contributed by atoms with Crippen molar-refractivity contribution in [2.24, 2.45) is 0 Å². The molecule has 3 amide bonds. The number of anilines is 2. The van der Waals surface area contributed by atoms with Gasteiger partial charge in [0.25, 0.3) is 5.91 Å². The van der Waals surface area contributed by atoms with Crippen molar-refractivity contribution in [1.29, 1.82) is 0 Å². The van der Waals surface area contributed by atoms with Crippen LogP contribution in [0.3, 0.4) is 0 Å². The normalized spacial score (nSPS) is 11.6. The fourth-order valence-electron chi connectivity index (χ4n) is 2.89. The minimum Gasteiger partial charge on any atom is -0.352 e. The third-order valence-electron chi connectivity index (χ3n) is 4.57. The second-order valence-corrected chi connectivity index (χ2v) is 8.32. The lowest BCUT2D eigenvalue weighted by molar-refractivity contribution is -0.137. The van der Waals surface area contributed by atoms with Gasteiger partial charge in [0.05, 0.1) is 11.3 Å². The summed E-state index contributed by atoms with van der Waals surface area (Å²) in [6.07, 6.45) is -4.94. The molecule has 6 nitrogen and oxygen atoms in total. The Labute approximate surface area is 184 Å². The van der Waals surface area contributed by atoms with E-state index in [2.05, 4.69) is 36.7 Å². The monoisotopic (exact) mass is 449 g/mol. The molecule has 0 fully saturated rings. The van der Waals surface area contributed by atoms with Crippen LogP contribution in [0.1, 0.15) is 55.6 Å². The largest absolute Gasteiger partial charge is 0.418 e. The third kappa shape index (κ3) is 7.11. The van der Waals surface area contributed by atoms with E-state index in [-0.39, 0.29) is 30.0 Å². The van der Waals surface area contributed by atoms with Gasteiger partial charge in [-0.15, -0.1) is 0 Å². The van der Waals surface area contributed by atoms with Gasteiger partial charge in [-0.2, -0.15) is 13.2 Å². The fraction of sp³-hybridized carbons (Fsp3) is 0.348. The molecule has 0 radical (unpaired) electrons. The molecule has 0 unspecified atom stereocenters. The van der Waals surface area contributed by atoms with Crippen LogP contribution in [0.5, 0.6) is 0 Å². The number of carbonyl (C=O) groups is 3. The van der Waals surface area contributed by atoms with Crippen molar-refractivity contribution in [3.8, 4) is 0 Å². The Kier molecular flexibility index (Phi) is 7.66. The Balaban J connectivity index is 1.96. The SMILES string of the molecule is CC(=O)Nc1ccc(NC(=O)CCNC(=O)c2ccc(C(C)(C)C)cc2)c(C(F)(F)F)c1. The predicted molar refractivity (Wildman–Crippen MR) is 116 cm³/mol. The Hall–Kier alpha value is -3.36. The van der Waals surface area contributed by atoms with Crippen LogP contribution in [0.15, 0.2) is 42.5 Å². The molecule has 0 bridgehead atoms. The molecule has 0 aliphatic rings. The topological polar surface area (TPSA) is 87.3 Å². The zero-order valence-electron chi connectivity index (χ0n) is 18.3. The second-order valence-electron chi connectivity index (χ2n) is 8.32. The van der Waals surface area contributed by atoms with Crippen LogP contribution in [0.25, 0.3) is 0 Å². The van der Waals surface area contributed by atoms with E-state index >= 15 is 0 Å². The van der Waals surface area contributed by atoms with E-state index in [0.717, 1.165) is 17.7 Å². The van der Waals surface area contributed by atoms with Crippen LogP contribution in [0.4, 0.5) is 24.5 Å². The maximum Gasteiger partial charge on any atom is 0.418 e. The van der Waals surface area contributed by atoms with Gasteiger partial charge >= 0.3 is 6.18 Å². The molecule has 0 aliphatic carbocycles. The summed E-state index contributed by atoms with van der Waals surface area (Å²) in [6, 6.07) is 10.1.